The van der Waals surface area contributed by atoms with Crippen molar-refractivity contribution in [3.8, 4) is 5.75 Å². The SMILES string of the molecule is COc1cccc2c1CN1CC(N)CC1C2O. The molecule has 0 amide bonds. The smallest absolute Gasteiger partial charge is 0.123 e. The van der Waals surface area contributed by atoms with E-state index in [0.717, 1.165) is 36.4 Å². The minimum atomic E-state index is -0.442. The van der Waals surface area contributed by atoms with E-state index >= 15 is 0 Å². The van der Waals surface area contributed by atoms with Crippen LogP contribution in [0, 0.1) is 0 Å². The molecule has 3 atom stereocenters. The van der Waals surface area contributed by atoms with E-state index in [0.29, 0.717) is 0 Å². The van der Waals surface area contributed by atoms with Crippen molar-refractivity contribution in [1.29, 1.82) is 0 Å². The average Bonchev–Trinajstić information content (AvgIpc) is 2.70. The van der Waals surface area contributed by atoms with E-state index in [9.17, 15) is 5.11 Å². The zero-order chi connectivity index (χ0) is 12.0. The highest BCUT2D eigenvalue weighted by Gasteiger charge is 2.40. The Morgan fingerprint density at radius 3 is 3.06 bits per heavy atom. The second-order valence-corrected chi connectivity index (χ2v) is 4.97. The predicted molar refractivity (Wildman–Crippen MR) is 64.7 cm³/mol. The Bertz CT molecular complexity index is 435. The molecule has 1 fully saturated rings. The van der Waals surface area contributed by atoms with Crippen LogP contribution in [-0.4, -0.2) is 35.7 Å². The van der Waals surface area contributed by atoms with Gasteiger partial charge in [-0.25, -0.2) is 0 Å². The maximum atomic E-state index is 10.4. The number of hydrogen-bond acceptors (Lipinski definition) is 4. The monoisotopic (exact) mass is 234 g/mol. The molecule has 2 aliphatic heterocycles. The summed E-state index contributed by atoms with van der Waals surface area (Å²) in [4.78, 5) is 2.26. The first kappa shape index (κ1) is 11.0. The lowest BCUT2D eigenvalue weighted by Gasteiger charge is -2.35. The summed E-state index contributed by atoms with van der Waals surface area (Å²) in [5, 5.41) is 10.4. The summed E-state index contributed by atoms with van der Waals surface area (Å²) in [5.41, 5.74) is 8.08. The van der Waals surface area contributed by atoms with Gasteiger partial charge >= 0.3 is 0 Å². The standard InChI is InChI=1S/C13H18N2O2/c1-17-12-4-2-3-9-10(12)7-15-6-8(14)5-11(15)13(9)16/h2-4,8,11,13,16H,5-7,14H2,1H3. The third-order valence-electron chi connectivity index (χ3n) is 3.92. The molecule has 0 bridgehead atoms. The molecule has 3 unspecified atom stereocenters. The van der Waals surface area contributed by atoms with Gasteiger partial charge in [0.2, 0.25) is 0 Å². The van der Waals surface area contributed by atoms with Crippen molar-refractivity contribution >= 4 is 0 Å². The van der Waals surface area contributed by atoms with Crippen LogP contribution in [0.1, 0.15) is 23.7 Å². The molecule has 2 heterocycles. The molecule has 2 aliphatic rings. The van der Waals surface area contributed by atoms with Crippen LogP contribution in [0.25, 0.3) is 0 Å². The normalized spacial score (nSPS) is 32.1. The van der Waals surface area contributed by atoms with Gasteiger partial charge in [-0.3, -0.25) is 4.90 Å². The molecule has 1 saturated heterocycles. The molecule has 0 spiro atoms. The van der Waals surface area contributed by atoms with E-state index in [4.69, 9.17) is 10.5 Å². The lowest BCUT2D eigenvalue weighted by Crippen LogP contribution is -2.39. The Kier molecular flexibility index (Phi) is 2.58. The first-order chi connectivity index (χ1) is 8.20. The van der Waals surface area contributed by atoms with Crippen molar-refractivity contribution < 1.29 is 9.84 Å². The average molecular weight is 234 g/mol. The third-order valence-corrected chi connectivity index (χ3v) is 3.92. The van der Waals surface area contributed by atoms with Crippen LogP contribution in [0.3, 0.4) is 0 Å². The quantitative estimate of drug-likeness (QED) is 0.749. The number of nitrogens with zero attached hydrogens (tertiary/aromatic N) is 1. The third kappa shape index (κ3) is 1.64. The molecule has 17 heavy (non-hydrogen) atoms. The highest BCUT2D eigenvalue weighted by Crippen LogP contribution is 2.40. The van der Waals surface area contributed by atoms with Crippen LogP contribution >= 0.6 is 0 Å². The summed E-state index contributed by atoms with van der Waals surface area (Å²) in [7, 11) is 1.67. The van der Waals surface area contributed by atoms with Gasteiger partial charge in [-0.2, -0.15) is 0 Å². The van der Waals surface area contributed by atoms with E-state index in [-0.39, 0.29) is 12.1 Å². The Morgan fingerprint density at radius 1 is 1.47 bits per heavy atom. The molecule has 0 saturated carbocycles. The van der Waals surface area contributed by atoms with Crippen molar-refractivity contribution in [3.63, 3.8) is 0 Å². The summed E-state index contributed by atoms with van der Waals surface area (Å²) < 4.78 is 5.37. The Labute approximate surface area is 101 Å². The van der Waals surface area contributed by atoms with Crippen LogP contribution < -0.4 is 10.5 Å². The van der Waals surface area contributed by atoms with Crippen LogP contribution in [0.2, 0.25) is 0 Å². The van der Waals surface area contributed by atoms with E-state index in [2.05, 4.69) is 4.90 Å². The number of benzene rings is 1. The second-order valence-electron chi connectivity index (χ2n) is 4.97. The number of ether oxygens (including phenoxy) is 1. The van der Waals surface area contributed by atoms with Crippen molar-refractivity contribution in [2.24, 2.45) is 5.73 Å². The van der Waals surface area contributed by atoms with Crippen molar-refractivity contribution in [2.45, 2.75) is 31.2 Å². The molecular weight excluding hydrogens is 216 g/mol. The highest BCUT2D eigenvalue weighted by molar-refractivity contribution is 5.43. The summed E-state index contributed by atoms with van der Waals surface area (Å²) in [6, 6.07) is 6.22. The fourth-order valence-corrected chi connectivity index (χ4v) is 3.11. The summed E-state index contributed by atoms with van der Waals surface area (Å²) in [6.45, 7) is 1.69. The lowest BCUT2D eigenvalue weighted by atomic mass is 9.91. The topological polar surface area (TPSA) is 58.7 Å². The van der Waals surface area contributed by atoms with Gasteiger partial charge in [0, 0.05) is 30.7 Å². The van der Waals surface area contributed by atoms with Crippen LogP contribution in [0.5, 0.6) is 5.75 Å². The first-order valence-corrected chi connectivity index (χ1v) is 6.04. The van der Waals surface area contributed by atoms with E-state index in [1.54, 1.807) is 7.11 Å². The number of aliphatic hydroxyl groups excluding tert-OH is 1. The predicted octanol–water partition coefficient (Wildman–Crippen LogP) is 0.644. The van der Waals surface area contributed by atoms with Crippen molar-refractivity contribution in [3.05, 3.63) is 29.3 Å². The molecule has 3 N–H and O–H groups in total. The minimum absolute atomic E-state index is 0.171. The zero-order valence-corrected chi connectivity index (χ0v) is 9.97. The van der Waals surface area contributed by atoms with Crippen molar-refractivity contribution in [2.75, 3.05) is 13.7 Å². The Hall–Kier alpha value is -1.10. The van der Waals surface area contributed by atoms with Gasteiger partial charge in [-0.1, -0.05) is 12.1 Å². The lowest BCUT2D eigenvalue weighted by molar-refractivity contribution is 0.0523. The van der Waals surface area contributed by atoms with Gasteiger partial charge in [-0.05, 0) is 18.1 Å². The van der Waals surface area contributed by atoms with E-state index in [1.807, 2.05) is 18.2 Å². The highest BCUT2D eigenvalue weighted by atomic mass is 16.5. The molecule has 4 heteroatoms. The summed E-state index contributed by atoms with van der Waals surface area (Å²) in [5.74, 6) is 0.862. The fourth-order valence-electron chi connectivity index (χ4n) is 3.11. The molecule has 4 nitrogen and oxygen atoms in total. The van der Waals surface area contributed by atoms with E-state index < -0.39 is 6.10 Å². The number of aliphatic hydroxyl groups is 1. The van der Waals surface area contributed by atoms with Gasteiger partial charge < -0.3 is 15.6 Å². The van der Waals surface area contributed by atoms with Crippen LogP contribution in [-0.2, 0) is 6.54 Å². The Morgan fingerprint density at radius 2 is 2.29 bits per heavy atom. The molecule has 3 rings (SSSR count). The number of nitrogens with two attached hydrogens (primary N) is 1. The number of hydrogen-bond donors (Lipinski definition) is 2. The number of methoxy groups -OCH3 is 1. The first-order valence-electron chi connectivity index (χ1n) is 6.04. The fraction of sp³-hybridized carbons (Fsp3) is 0.538. The van der Waals surface area contributed by atoms with Gasteiger partial charge in [0.1, 0.15) is 5.75 Å². The second kappa shape index (κ2) is 3.98. The zero-order valence-electron chi connectivity index (χ0n) is 9.97. The molecule has 1 aromatic carbocycles. The summed E-state index contributed by atoms with van der Waals surface area (Å²) in [6.07, 6.45) is 0.431. The molecule has 92 valence electrons. The van der Waals surface area contributed by atoms with Gasteiger partial charge in [-0.15, -0.1) is 0 Å². The molecule has 0 aliphatic carbocycles. The Balaban J connectivity index is 2.02. The maximum Gasteiger partial charge on any atom is 0.123 e. The maximum absolute atomic E-state index is 10.4. The molecule has 0 aromatic heterocycles. The van der Waals surface area contributed by atoms with Gasteiger partial charge in [0.15, 0.2) is 0 Å². The van der Waals surface area contributed by atoms with Gasteiger partial charge in [0.25, 0.3) is 0 Å². The summed E-state index contributed by atoms with van der Waals surface area (Å²) >= 11 is 0. The number of rotatable bonds is 1. The molecule has 1 aromatic rings. The minimum Gasteiger partial charge on any atom is -0.496 e. The van der Waals surface area contributed by atoms with Crippen molar-refractivity contribution in [1.82, 2.24) is 4.90 Å². The van der Waals surface area contributed by atoms with Crippen LogP contribution in [0.4, 0.5) is 0 Å². The molecule has 0 radical (unpaired) electrons. The molecular formula is C13H18N2O2. The van der Waals surface area contributed by atoms with E-state index in [1.165, 1.54) is 0 Å². The van der Waals surface area contributed by atoms with Gasteiger partial charge in [0.05, 0.1) is 13.2 Å². The number of fused-ring (bicyclic) bond motifs is 2. The van der Waals surface area contributed by atoms with Crippen LogP contribution in [0.15, 0.2) is 18.2 Å². The largest absolute Gasteiger partial charge is 0.496 e.